The maximum Gasteiger partial charge on any atom is 0.254 e. The van der Waals surface area contributed by atoms with Gasteiger partial charge in [0, 0.05) is 12.6 Å². The Bertz CT molecular complexity index is 502. The first-order valence-corrected chi connectivity index (χ1v) is 4.90. The van der Waals surface area contributed by atoms with Crippen LogP contribution in [0.1, 0.15) is 29.5 Å². The summed E-state index contributed by atoms with van der Waals surface area (Å²) in [5.74, 6) is 0.162. The van der Waals surface area contributed by atoms with E-state index in [4.69, 9.17) is 10.2 Å². The molecule has 1 amide bonds. The summed E-state index contributed by atoms with van der Waals surface area (Å²) in [5.41, 5.74) is 6.92. The number of fused-ring (bicyclic) bond motifs is 1. The van der Waals surface area contributed by atoms with Crippen molar-refractivity contribution >= 4 is 17.0 Å². The van der Waals surface area contributed by atoms with Gasteiger partial charge >= 0.3 is 0 Å². The largest absolute Gasteiger partial charge is 0.459 e. The van der Waals surface area contributed by atoms with Crippen LogP contribution in [0, 0.1) is 0 Å². The zero-order chi connectivity index (χ0) is 10.8. The van der Waals surface area contributed by atoms with Gasteiger partial charge in [0.05, 0.1) is 0 Å². The molecule has 4 nitrogen and oxygen atoms in total. The Morgan fingerprint density at radius 3 is 3.07 bits per heavy atom. The number of pyridine rings is 1. The SMILES string of the molecule is CCCc1oc2cccnc2c1C(N)=O. The molecule has 2 aromatic heterocycles. The number of hydrogen-bond donors (Lipinski definition) is 1. The summed E-state index contributed by atoms with van der Waals surface area (Å²) in [6.45, 7) is 2.02. The molecule has 4 heteroatoms. The van der Waals surface area contributed by atoms with E-state index in [1.165, 1.54) is 0 Å². The van der Waals surface area contributed by atoms with Crippen molar-refractivity contribution < 1.29 is 9.21 Å². The zero-order valence-electron chi connectivity index (χ0n) is 8.49. The summed E-state index contributed by atoms with van der Waals surface area (Å²) in [6.07, 6.45) is 3.23. The van der Waals surface area contributed by atoms with Gasteiger partial charge in [-0.05, 0) is 18.6 Å². The lowest BCUT2D eigenvalue weighted by atomic mass is 10.1. The lowest BCUT2D eigenvalue weighted by molar-refractivity contribution is 0.0999. The molecule has 2 N–H and O–H groups in total. The normalized spacial score (nSPS) is 10.7. The van der Waals surface area contributed by atoms with E-state index >= 15 is 0 Å². The first kappa shape index (κ1) is 9.71. The van der Waals surface area contributed by atoms with Gasteiger partial charge in [-0.3, -0.25) is 9.78 Å². The lowest BCUT2D eigenvalue weighted by Gasteiger charge is -1.95. The van der Waals surface area contributed by atoms with Gasteiger partial charge in [-0.1, -0.05) is 6.92 Å². The van der Waals surface area contributed by atoms with E-state index in [2.05, 4.69) is 4.98 Å². The summed E-state index contributed by atoms with van der Waals surface area (Å²) in [7, 11) is 0. The lowest BCUT2D eigenvalue weighted by Crippen LogP contribution is -2.12. The second kappa shape index (κ2) is 3.73. The van der Waals surface area contributed by atoms with Crippen LogP contribution in [0.25, 0.3) is 11.1 Å². The van der Waals surface area contributed by atoms with Crippen LogP contribution in [0.2, 0.25) is 0 Å². The maximum absolute atomic E-state index is 11.3. The Labute approximate surface area is 87.1 Å². The Balaban J connectivity index is 2.69. The number of hydrogen-bond acceptors (Lipinski definition) is 3. The molecule has 0 spiro atoms. The van der Waals surface area contributed by atoms with Gasteiger partial charge in [-0.15, -0.1) is 0 Å². The third kappa shape index (κ3) is 1.58. The third-order valence-corrected chi connectivity index (χ3v) is 2.24. The highest BCUT2D eigenvalue weighted by Gasteiger charge is 2.18. The van der Waals surface area contributed by atoms with Gasteiger partial charge in [-0.25, -0.2) is 0 Å². The van der Waals surface area contributed by atoms with Gasteiger partial charge in [-0.2, -0.15) is 0 Å². The average molecular weight is 204 g/mol. The van der Waals surface area contributed by atoms with Crippen LogP contribution in [-0.4, -0.2) is 10.9 Å². The summed E-state index contributed by atoms with van der Waals surface area (Å²) >= 11 is 0. The fraction of sp³-hybridized carbons (Fsp3) is 0.273. The number of amides is 1. The summed E-state index contributed by atoms with van der Waals surface area (Å²) in [6, 6.07) is 3.56. The molecule has 0 fully saturated rings. The summed E-state index contributed by atoms with van der Waals surface area (Å²) in [5, 5.41) is 0. The topological polar surface area (TPSA) is 69.1 Å². The molecule has 0 bridgehead atoms. The summed E-state index contributed by atoms with van der Waals surface area (Å²) < 4.78 is 5.54. The number of aryl methyl sites for hydroxylation is 1. The number of aromatic nitrogens is 1. The minimum Gasteiger partial charge on any atom is -0.459 e. The second-order valence-electron chi connectivity index (χ2n) is 3.36. The Morgan fingerprint density at radius 2 is 2.40 bits per heavy atom. The van der Waals surface area contributed by atoms with Crippen LogP contribution in [0.3, 0.4) is 0 Å². The van der Waals surface area contributed by atoms with Crippen molar-refractivity contribution in [2.75, 3.05) is 0 Å². The van der Waals surface area contributed by atoms with Gasteiger partial charge in [0.25, 0.3) is 5.91 Å². The monoisotopic (exact) mass is 204 g/mol. The van der Waals surface area contributed by atoms with E-state index in [1.807, 2.05) is 6.92 Å². The molecule has 15 heavy (non-hydrogen) atoms. The van der Waals surface area contributed by atoms with Gasteiger partial charge < -0.3 is 10.2 Å². The second-order valence-corrected chi connectivity index (χ2v) is 3.36. The van der Waals surface area contributed by atoms with Crippen LogP contribution in [0.15, 0.2) is 22.7 Å². The van der Waals surface area contributed by atoms with Crippen molar-refractivity contribution in [2.24, 2.45) is 5.73 Å². The van der Waals surface area contributed by atoms with E-state index in [9.17, 15) is 4.79 Å². The Morgan fingerprint density at radius 1 is 1.60 bits per heavy atom. The number of nitrogens with two attached hydrogens (primary N) is 1. The van der Waals surface area contributed by atoms with Crippen molar-refractivity contribution in [2.45, 2.75) is 19.8 Å². The number of nitrogens with zero attached hydrogens (tertiary/aromatic N) is 1. The number of furan rings is 1. The molecule has 0 aliphatic carbocycles. The molecule has 2 rings (SSSR count). The van der Waals surface area contributed by atoms with E-state index in [-0.39, 0.29) is 0 Å². The first-order valence-electron chi connectivity index (χ1n) is 4.90. The number of rotatable bonds is 3. The van der Waals surface area contributed by atoms with E-state index in [0.717, 1.165) is 6.42 Å². The standard InChI is InChI=1S/C11H12N2O2/c1-2-4-7-9(11(12)14)10-8(15-7)5-3-6-13-10/h3,5-6H,2,4H2,1H3,(H2,12,14). The van der Waals surface area contributed by atoms with E-state index in [0.29, 0.717) is 28.8 Å². The molecule has 78 valence electrons. The molecule has 0 aliphatic rings. The highest BCUT2D eigenvalue weighted by Crippen LogP contribution is 2.24. The van der Waals surface area contributed by atoms with Crippen molar-refractivity contribution in [1.82, 2.24) is 4.98 Å². The molecule has 0 aliphatic heterocycles. The third-order valence-electron chi connectivity index (χ3n) is 2.24. The maximum atomic E-state index is 11.3. The molecule has 0 aromatic carbocycles. The van der Waals surface area contributed by atoms with Gasteiger partial charge in [0.2, 0.25) is 0 Å². The predicted octanol–water partition coefficient (Wildman–Crippen LogP) is 1.88. The van der Waals surface area contributed by atoms with Crippen LogP contribution in [0.5, 0.6) is 0 Å². The summed E-state index contributed by atoms with van der Waals surface area (Å²) in [4.78, 5) is 15.4. The predicted molar refractivity (Wildman–Crippen MR) is 56.5 cm³/mol. The van der Waals surface area contributed by atoms with Gasteiger partial charge in [0.1, 0.15) is 16.8 Å². The van der Waals surface area contributed by atoms with E-state index in [1.54, 1.807) is 18.3 Å². The van der Waals surface area contributed by atoms with Crippen molar-refractivity contribution in [3.63, 3.8) is 0 Å². The Kier molecular flexibility index (Phi) is 2.41. The minimum absolute atomic E-state index is 0.424. The van der Waals surface area contributed by atoms with Crippen LogP contribution in [0.4, 0.5) is 0 Å². The van der Waals surface area contributed by atoms with E-state index < -0.39 is 5.91 Å². The molecular weight excluding hydrogens is 192 g/mol. The molecular formula is C11H12N2O2. The molecule has 2 aromatic rings. The molecule has 0 radical (unpaired) electrons. The Hall–Kier alpha value is -1.84. The number of carbonyl (C=O) groups is 1. The van der Waals surface area contributed by atoms with Crippen molar-refractivity contribution in [3.8, 4) is 0 Å². The van der Waals surface area contributed by atoms with Crippen molar-refractivity contribution in [3.05, 3.63) is 29.7 Å². The van der Waals surface area contributed by atoms with Crippen molar-refractivity contribution in [1.29, 1.82) is 0 Å². The smallest absolute Gasteiger partial charge is 0.254 e. The zero-order valence-corrected chi connectivity index (χ0v) is 8.49. The molecule has 0 saturated carbocycles. The molecule has 0 atom stereocenters. The first-order chi connectivity index (χ1) is 7.24. The number of primary amides is 1. The fourth-order valence-electron chi connectivity index (χ4n) is 1.63. The fourth-order valence-corrected chi connectivity index (χ4v) is 1.63. The number of carbonyl (C=O) groups excluding carboxylic acids is 1. The quantitative estimate of drug-likeness (QED) is 0.829. The van der Waals surface area contributed by atoms with Gasteiger partial charge in [0.15, 0.2) is 5.58 Å². The minimum atomic E-state index is -0.476. The highest BCUT2D eigenvalue weighted by molar-refractivity contribution is 6.04. The van der Waals surface area contributed by atoms with Crippen LogP contribution < -0.4 is 5.73 Å². The average Bonchev–Trinajstić information content (AvgIpc) is 2.56. The molecule has 0 saturated heterocycles. The molecule has 2 heterocycles. The molecule has 0 unspecified atom stereocenters. The van der Waals surface area contributed by atoms with Crippen LogP contribution in [-0.2, 0) is 6.42 Å². The highest BCUT2D eigenvalue weighted by atomic mass is 16.3. The van der Waals surface area contributed by atoms with Crippen LogP contribution >= 0.6 is 0 Å².